The van der Waals surface area contributed by atoms with E-state index in [1.165, 1.54) is 12.8 Å². The molecule has 14 heavy (non-hydrogen) atoms. The van der Waals surface area contributed by atoms with Crippen molar-refractivity contribution in [3.63, 3.8) is 0 Å². The van der Waals surface area contributed by atoms with Crippen LogP contribution in [0, 0.1) is 0 Å². The Bertz CT molecular complexity index is 202. The molecule has 0 aromatic heterocycles. The number of nitrogens with zero attached hydrogens (tertiary/aromatic N) is 1. The van der Waals surface area contributed by atoms with Crippen molar-refractivity contribution >= 4 is 5.97 Å². The number of hydrogen-bond acceptors (Lipinski definition) is 4. The van der Waals surface area contributed by atoms with Gasteiger partial charge in [0.05, 0.1) is 6.42 Å². The zero-order chi connectivity index (χ0) is 9.80. The Kier molecular flexibility index (Phi) is 3.37. The molecule has 0 bridgehead atoms. The van der Waals surface area contributed by atoms with Crippen molar-refractivity contribution in [3.8, 4) is 0 Å². The largest absolute Gasteiger partial charge is 0.464 e. The lowest BCUT2D eigenvalue weighted by molar-refractivity contribution is -0.142. The molecular weight excluding hydrogens is 180 g/mol. The van der Waals surface area contributed by atoms with Gasteiger partial charge in [0.1, 0.15) is 6.61 Å². The molecular formula is C10H18N2O2. The Hall–Kier alpha value is -0.610. The van der Waals surface area contributed by atoms with E-state index in [9.17, 15) is 4.79 Å². The highest BCUT2D eigenvalue weighted by Crippen LogP contribution is 2.12. The smallest absolute Gasteiger partial charge is 0.307 e. The number of hydrogen-bond donors (Lipinski definition) is 1. The second-order valence-electron chi connectivity index (χ2n) is 4.01. The van der Waals surface area contributed by atoms with Gasteiger partial charge in [0.25, 0.3) is 0 Å². The minimum Gasteiger partial charge on any atom is -0.464 e. The topological polar surface area (TPSA) is 41.6 Å². The molecule has 2 fully saturated rings. The molecule has 0 amide bonds. The maximum absolute atomic E-state index is 11.0. The summed E-state index contributed by atoms with van der Waals surface area (Å²) in [4.78, 5) is 13.4. The predicted octanol–water partition coefficient (Wildman–Crippen LogP) is -0.0127. The standard InChI is InChI=1S/C10H18N2O2/c13-10-3-5-12(6-7-14-10)9-2-1-4-11-8-9/h9,11H,1-8H2. The molecule has 0 aromatic rings. The first-order chi connectivity index (χ1) is 6.86. The van der Waals surface area contributed by atoms with Gasteiger partial charge in [0.15, 0.2) is 0 Å². The number of cyclic esters (lactones) is 1. The average Bonchev–Trinajstić information content (AvgIpc) is 2.44. The highest BCUT2D eigenvalue weighted by Gasteiger charge is 2.23. The number of nitrogens with one attached hydrogen (secondary N) is 1. The summed E-state index contributed by atoms with van der Waals surface area (Å²) in [6, 6.07) is 0.609. The number of piperidine rings is 1. The van der Waals surface area contributed by atoms with Crippen molar-refractivity contribution in [3.05, 3.63) is 0 Å². The highest BCUT2D eigenvalue weighted by atomic mass is 16.5. The Labute approximate surface area is 84.6 Å². The summed E-state index contributed by atoms with van der Waals surface area (Å²) >= 11 is 0. The van der Waals surface area contributed by atoms with E-state index in [0.717, 1.165) is 26.2 Å². The van der Waals surface area contributed by atoms with Crippen molar-refractivity contribution in [2.45, 2.75) is 25.3 Å². The maximum Gasteiger partial charge on any atom is 0.307 e. The van der Waals surface area contributed by atoms with Crippen molar-refractivity contribution < 1.29 is 9.53 Å². The van der Waals surface area contributed by atoms with Crippen molar-refractivity contribution in [2.24, 2.45) is 0 Å². The second-order valence-corrected chi connectivity index (χ2v) is 4.01. The molecule has 2 aliphatic heterocycles. The first-order valence-electron chi connectivity index (χ1n) is 5.46. The Morgan fingerprint density at radius 3 is 3.14 bits per heavy atom. The molecule has 0 spiro atoms. The van der Waals surface area contributed by atoms with Crippen LogP contribution in [0.5, 0.6) is 0 Å². The SMILES string of the molecule is O=C1CCN(C2CCCNC2)CCO1. The summed E-state index contributed by atoms with van der Waals surface area (Å²) in [7, 11) is 0. The Morgan fingerprint density at radius 1 is 1.43 bits per heavy atom. The van der Waals surface area contributed by atoms with Gasteiger partial charge in [0.2, 0.25) is 0 Å². The maximum atomic E-state index is 11.0. The van der Waals surface area contributed by atoms with E-state index < -0.39 is 0 Å². The molecule has 0 radical (unpaired) electrons. The van der Waals surface area contributed by atoms with Crippen molar-refractivity contribution in [1.82, 2.24) is 10.2 Å². The zero-order valence-corrected chi connectivity index (χ0v) is 8.50. The van der Waals surface area contributed by atoms with Gasteiger partial charge in [-0.05, 0) is 19.4 Å². The normalized spacial score (nSPS) is 30.9. The van der Waals surface area contributed by atoms with Gasteiger partial charge in [-0.25, -0.2) is 0 Å². The van der Waals surface area contributed by atoms with Gasteiger partial charge in [-0.15, -0.1) is 0 Å². The third-order valence-corrected chi connectivity index (χ3v) is 3.03. The molecule has 4 nitrogen and oxygen atoms in total. The van der Waals surface area contributed by atoms with Gasteiger partial charge in [-0.2, -0.15) is 0 Å². The summed E-state index contributed by atoms with van der Waals surface area (Å²) in [6.45, 7) is 4.53. The summed E-state index contributed by atoms with van der Waals surface area (Å²) in [5.74, 6) is -0.0451. The van der Waals surface area contributed by atoms with E-state index >= 15 is 0 Å². The van der Waals surface area contributed by atoms with Gasteiger partial charge >= 0.3 is 5.97 Å². The van der Waals surface area contributed by atoms with Crippen LogP contribution < -0.4 is 5.32 Å². The average molecular weight is 198 g/mol. The molecule has 2 saturated heterocycles. The lowest BCUT2D eigenvalue weighted by Gasteiger charge is -2.32. The summed E-state index contributed by atoms with van der Waals surface area (Å²) in [5, 5.41) is 3.40. The molecule has 2 aliphatic rings. The van der Waals surface area contributed by atoms with Gasteiger partial charge in [-0.1, -0.05) is 0 Å². The molecule has 0 aromatic carbocycles. The minimum atomic E-state index is -0.0451. The summed E-state index contributed by atoms with van der Waals surface area (Å²) < 4.78 is 5.02. The van der Waals surface area contributed by atoms with Crippen LogP contribution in [-0.4, -0.2) is 49.7 Å². The minimum absolute atomic E-state index is 0.0451. The van der Waals surface area contributed by atoms with Crippen molar-refractivity contribution in [2.75, 3.05) is 32.8 Å². The monoisotopic (exact) mass is 198 g/mol. The molecule has 80 valence electrons. The van der Waals surface area contributed by atoms with E-state index in [4.69, 9.17) is 4.74 Å². The second kappa shape index (κ2) is 4.75. The van der Waals surface area contributed by atoms with Crippen LogP contribution in [0.15, 0.2) is 0 Å². The van der Waals surface area contributed by atoms with E-state index in [1.807, 2.05) is 0 Å². The molecule has 1 N–H and O–H groups in total. The molecule has 0 aliphatic carbocycles. The Balaban J connectivity index is 1.86. The molecule has 0 saturated carbocycles. The first kappa shape index (κ1) is 9.93. The van der Waals surface area contributed by atoms with Crippen LogP contribution in [0.4, 0.5) is 0 Å². The molecule has 2 rings (SSSR count). The van der Waals surface area contributed by atoms with E-state index in [-0.39, 0.29) is 5.97 Å². The molecule has 1 atom stereocenters. The van der Waals surface area contributed by atoms with Gasteiger partial charge in [0, 0.05) is 25.7 Å². The van der Waals surface area contributed by atoms with E-state index in [0.29, 0.717) is 19.1 Å². The number of esters is 1. The van der Waals surface area contributed by atoms with E-state index in [1.54, 1.807) is 0 Å². The zero-order valence-electron chi connectivity index (χ0n) is 8.50. The first-order valence-corrected chi connectivity index (χ1v) is 5.46. The van der Waals surface area contributed by atoms with Crippen molar-refractivity contribution in [1.29, 1.82) is 0 Å². The fourth-order valence-corrected chi connectivity index (χ4v) is 2.21. The highest BCUT2D eigenvalue weighted by molar-refractivity contribution is 5.69. The predicted molar refractivity (Wildman–Crippen MR) is 53.0 cm³/mol. The lowest BCUT2D eigenvalue weighted by atomic mass is 10.1. The van der Waals surface area contributed by atoms with Crippen LogP contribution in [0.25, 0.3) is 0 Å². The van der Waals surface area contributed by atoms with Crippen LogP contribution >= 0.6 is 0 Å². The van der Waals surface area contributed by atoms with Crippen LogP contribution in [0.3, 0.4) is 0 Å². The van der Waals surface area contributed by atoms with E-state index in [2.05, 4.69) is 10.2 Å². The van der Waals surface area contributed by atoms with Gasteiger partial charge in [-0.3, -0.25) is 9.69 Å². The number of carbonyl (C=O) groups excluding carboxylic acids is 1. The molecule has 4 heteroatoms. The lowest BCUT2D eigenvalue weighted by Crippen LogP contribution is -2.46. The quantitative estimate of drug-likeness (QED) is 0.602. The number of rotatable bonds is 1. The third-order valence-electron chi connectivity index (χ3n) is 3.03. The number of carbonyl (C=O) groups is 1. The van der Waals surface area contributed by atoms with Crippen LogP contribution in [-0.2, 0) is 9.53 Å². The fraction of sp³-hybridized carbons (Fsp3) is 0.900. The van der Waals surface area contributed by atoms with Gasteiger partial charge < -0.3 is 10.1 Å². The molecule has 1 unspecified atom stereocenters. The molecule has 2 heterocycles. The Morgan fingerprint density at radius 2 is 2.36 bits per heavy atom. The van der Waals surface area contributed by atoms with Crippen LogP contribution in [0.1, 0.15) is 19.3 Å². The van der Waals surface area contributed by atoms with Crippen LogP contribution in [0.2, 0.25) is 0 Å². The number of ether oxygens (including phenoxy) is 1. The summed E-state index contributed by atoms with van der Waals surface area (Å²) in [6.07, 6.45) is 3.05. The third kappa shape index (κ3) is 2.45. The fourth-order valence-electron chi connectivity index (χ4n) is 2.21. The summed E-state index contributed by atoms with van der Waals surface area (Å²) in [5.41, 5.74) is 0.